The molecule has 0 aliphatic heterocycles. The lowest BCUT2D eigenvalue weighted by atomic mass is 9.68. The van der Waals surface area contributed by atoms with Crippen LogP contribution in [0.2, 0.25) is 0 Å². The van der Waals surface area contributed by atoms with Crippen LogP contribution in [-0.4, -0.2) is 65.9 Å². The fourth-order valence-corrected chi connectivity index (χ4v) is 4.69. The summed E-state index contributed by atoms with van der Waals surface area (Å²) in [5.41, 5.74) is 2.08. The van der Waals surface area contributed by atoms with Crippen LogP contribution in [0.15, 0.2) is 0 Å². The van der Waals surface area contributed by atoms with Gasteiger partial charge in [-0.25, -0.2) is 10.2 Å². The number of alkyl halides is 17. The zero-order chi connectivity index (χ0) is 36.8. The number of ether oxygens (including phenoxy) is 1. The largest absolute Gasteiger partial charge is 0.529 e. The van der Waals surface area contributed by atoms with Crippen molar-refractivity contribution in [2.45, 2.75) is 113 Å². The molecule has 0 bridgehead atoms. The second-order valence-corrected chi connectivity index (χ2v) is 11.6. The lowest BCUT2D eigenvalue weighted by Gasteiger charge is -2.43. The summed E-state index contributed by atoms with van der Waals surface area (Å²) in [6.45, 7) is 5.40. The first-order chi connectivity index (χ1) is 20.1. The summed E-state index contributed by atoms with van der Waals surface area (Å²) in [6.07, 6.45) is -17.9. The lowest BCUT2D eigenvalue weighted by Crippen LogP contribution is -2.74. The summed E-state index contributed by atoms with van der Waals surface area (Å²) < 4.78 is 235. The second-order valence-electron chi connectivity index (χ2n) is 11.6. The predicted octanol–water partition coefficient (Wildman–Crippen LogP) is 7.57. The predicted molar refractivity (Wildman–Crippen MR) is 117 cm³/mol. The van der Waals surface area contributed by atoms with E-state index in [0.717, 1.165) is 5.43 Å². The SMILES string of the molecule is CC(C)(C)C1CCC(C(CCC(F)(F)C(F)(F)C(F)(F)C(F)(F)C(F)(F)C(F)(F)C(F)(F)C(F)(F)F)OC(=O)NNC(=O)[O-])CC1. The highest BCUT2D eigenvalue weighted by Gasteiger charge is 2.95. The van der Waals surface area contributed by atoms with E-state index in [-0.39, 0.29) is 37.0 Å². The average Bonchev–Trinajstić information content (AvgIpc) is 2.88. The molecule has 1 fully saturated rings. The molecule has 0 spiro atoms. The first-order valence-corrected chi connectivity index (χ1v) is 12.8. The van der Waals surface area contributed by atoms with Gasteiger partial charge in [-0.15, -0.1) is 0 Å². The Hall–Kier alpha value is -2.65. The third kappa shape index (κ3) is 7.40. The molecule has 0 aromatic rings. The van der Waals surface area contributed by atoms with Crippen LogP contribution in [0.25, 0.3) is 0 Å². The molecule has 0 saturated heterocycles. The van der Waals surface area contributed by atoms with E-state index in [2.05, 4.69) is 4.74 Å². The highest BCUT2D eigenvalue weighted by atomic mass is 19.4. The Bertz CT molecular complexity index is 1080. The number of carboxylic acid groups (broad SMARTS) is 1. The molecule has 1 aliphatic rings. The van der Waals surface area contributed by atoms with Crippen LogP contribution in [0, 0.1) is 17.3 Å². The van der Waals surface area contributed by atoms with Gasteiger partial charge in [0.05, 0.1) is 0 Å². The Morgan fingerprint density at radius 3 is 1.41 bits per heavy atom. The molecule has 0 heterocycles. The van der Waals surface area contributed by atoms with Crippen molar-refractivity contribution in [2.75, 3.05) is 0 Å². The van der Waals surface area contributed by atoms with Gasteiger partial charge in [-0.1, -0.05) is 20.8 Å². The van der Waals surface area contributed by atoms with Crippen molar-refractivity contribution in [3.63, 3.8) is 0 Å². The van der Waals surface area contributed by atoms with Crippen LogP contribution in [-0.2, 0) is 4.74 Å². The molecule has 2 amide bonds. The van der Waals surface area contributed by atoms with E-state index >= 15 is 0 Å². The van der Waals surface area contributed by atoms with Gasteiger partial charge in [-0.05, 0) is 49.4 Å². The summed E-state index contributed by atoms with van der Waals surface area (Å²) in [4.78, 5) is 22.3. The van der Waals surface area contributed by atoms with Crippen molar-refractivity contribution >= 4 is 12.2 Å². The van der Waals surface area contributed by atoms with E-state index in [1.54, 1.807) is 20.8 Å². The van der Waals surface area contributed by atoms with Gasteiger partial charge in [0.2, 0.25) is 0 Å². The number of carbonyl (C=O) groups is 2. The first kappa shape index (κ1) is 41.4. The Balaban J connectivity index is 3.41. The highest BCUT2D eigenvalue weighted by Crippen LogP contribution is 2.64. The van der Waals surface area contributed by atoms with Crippen molar-refractivity contribution in [3.05, 3.63) is 0 Å². The number of rotatable bonds is 11. The molecule has 46 heavy (non-hydrogen) atoms. The van der Waals surface area contributed by atoms with Gasteiger partial charge in [0.1, 0.15) is 6.10 Å². The molecular formula is C23H26F17N2O4-. The zero-order valence-corrected chi connectivity index (χ0v) is 23.5. The van der Waals surface area contributed by atoms with E-state index in [4.69, 9.17) is 0 Å². The second kappa shape index (κ2) is 12.8. The molecule has 1 aliphatic carbocycles. The normalized spacial score (nSPS) is 20.6. The highest BCUT2D eigenvalue weighted by molar-refractivity contribution is 5.71. The lowest BCUT2D eigenvalue weighted by molar-refractivity contribution is -0.461. The Morgan fingerprint density at radius 2 is 1.04 bits per heavy atom. The van der Waals surface area contributed by atoms with Crippen molar-refractivity contribution in [1.82, 2.24) is 10.9 Å². The molecular weight excluding hydrogens is 691 g/mol. The van der Waals surface area contributed by atoms with Gasteiger partial charge in [-0.3, -0.25) is 5.43 Å². The van der Waals surface area contributed by atoms with Gasteiger partial charge in [0, 0.05) is 6.42 Å². The van der Waals surface area contributed by atoms with Crippen LogP contribution in [0.5, 0.6) is 0 Å². The zero-order valence-electron chi connectivity index (χ0n) is 23.5. The maximum Gasteiger partial charge on any atom is 0.460 e. The minimum Gasteiger partial charge on any atom is -0.529 e. The number of halogens is 17. The fraction of sp³-hybridized carbons (Fsp3) is 0.913. The third-order valence-electron chi connectivity index (χ3n) is 7.58. The topological polar surface area (TPSA) is 90.5 Å². The molecule has 1 saturated carbocycles. The molecule has 2 N–H and O–H groups in total. The smallest absolute Gasteiger partial charge is 0.460 e. The quantitative estimate of drug-likeness (QED) is 0.171. The van der Waals surface area contributed by atoms with Crippen molar-refractivity contribution < 1.29 is 94.1 Å². The van der Waals surface area contributed by atoms with Crippen molar-refractivity contribution in [2.24, 2.45) is 17.3 Å². The average molecular weight is 717 g/mol. The van der Waals surface area contributed by atoms with E-state index in [1.165, 1.54) is 5.43 Å². The molecule has 6 nitrogen and oxygen atoms in total. The summed E-state index contributed by atoms with van der Waals surface area (Å²) in [7, 11) is 0. The number of amides is 2. The minimum absolute atomic E-state index is 0.0429. The molecule has 0 aromatic heterocycles. The molecule has 0 aromatic carbocycles. The van der Waals surface area contributed by atoms with Gasteiger partial charge in [-0.2, -0.15) is 74.6 Å². The number of hydrazine groups is 1. The molecule has 1 unspecified atom stereocenters. The number of hydrogen-bond donors (Lipinski definition) is 2. The summed E-state index contributed by atoms with van der Waals surface area (Å²) in [6, 6.07) is 0. The minimum atomic E-state index is -8.73. The fourth-order valence-electron chi connectivity index (χ4n) is 4.69. The maximum atomic E-state index is 14.5. The van der Waals surface area contributed by atoms with Gasteiger partial charge in [0.25, 0.3) is 0 Å². The Kier molecular flexibility index (Phi) is 11.5. The molecule has 0 radical (unpaired) electrons. The van der Waals surface area contributed by atoms with Crippen LogP contribution in [0.4, 0.5) is 84.2 Å². The van der Waals surface area contributed by atoms with Crippen LogP contribution < -0.4 is 16.0 Å². The van der Waals surface area contributed by atoms with Crippen LogP contribution in [0.3, 0.4) is 0 Å². The number of hydrogen-bond acceptors (Lipinski definition) is 4. The van der Waals surface area contributed by atoms with Gasteiger partial charge in [0.15, 0.2) is 6.09 Å². The molecule has 272 valence electrons. The van der Waals surface area contributed by atoms with Gasteiger partial charge >= 0.3 is 53.7 Å². The third-order valence-corrected chi connectivity index (χ3v) is 7.58. The van der Waals surface area contributed by atoms with E-state index in [9.17, 15) is 89.3 Å². The van der Waals surface area contributed by atoms with E-state index in [1.807, 2.05) is 0 Å². The monoisotopic (exact) mass is 717 g/mol. The Labute approximate surface area is 248 Å². The molecule has 1 rings (SSSR count). The summed E-state index contributed by atoms with van der Waals surface area (Å²) in [5, 5.41) is 10.4. The Morgan fingerprint density at radius 1 is 0.652 bits per heavy atom. The van der Waals surface area contributed by atoms with Crippen LogP contribution >= 0.6 is 0 Å². The standard InChI is InChI=1S/C23H27F17N2O4/c1-15(2,3)11-6-4-10(5-7-11)12(46-14(45)42-41-13(43)44)8-9-16(24,25)17(26,27)18(28,29)19(30,31)20(32,33)21(34,35)22(36,37)23(38,39)40/h10-12,41H,4-9H2,1-3H3,(H,42,45)(H,43,44)/p-1. The van der Waals surface area contributed by atoms with Crippen LogP contribution in [0.1, 0.15) is 59.3 Å². The maximum absolute atomic E-state index is 14.5. The van der Waals surface area contributed by atoms with E-state index in [0.29, 0.717) is 0 Å². The van der Waals surface area contributed by atoms with Crippen molar-refractivity contribution in [1.29, 1.82) is 0 Å². The summed E-state index contributed by atoms with van der Waals surface area (Å²) >= 11 is 0. The van der Waals surface area contributed by atoms with Gasteiger partial charge < -0.3 is 14.6 Å². The number of nitrogens with one attached hydrogen (secondary N) is 2. The van der Waals surface area contributed by atoms with Crippen molar-refractivity contribution in [3.8, 4) is 0 Å². The number of carbonyl (C=O) groups excluding carboxylic acids is 2. The molecule has 1 atom stereocenters. The first-order valence-electron chi connectivity index (χ1n) is 12.8. The van der Waals surface area contributed by atoms with E-state index < -0.39 is 84.7 Å². The molecule has 23 heteroatoms. The summed E-state index contributed by atoms with van der Waals surface area (Å²) in [5.74, 6) is -58.4.